The van der Waals surface area contributed by atoms with Crippen LogP contribution in [-0.4, -0.2) is 14.5 Å². The number of rotatable bonds is 5. The second-order valence-corrected chi connectivity index (χ2v) is 11.0. The van der Waals surface area contributed by atoms with Gasteiger partial charge in [0.2, 0.25) is 0 Å². The van der Waals surface area contributed by atoms with E-state index in [0.717, 1.165) is 44.5 Å². The number of nitriles is 1. The van der Waals surface area contributed by atoms with Gasteiger partial charge >= 0.3 is 0 Å². The fourth-order valence-electron chi connectivity index (χ4n) is 6.17. The fourth-order valence-corrected chi connectivity index (χ4v) is 6.17. The van der Waals surface area contributed by atoms with Crippen LogP contribution in [0.4, 0.5) is 0 Å². The molecule has 210 valence electrons. The van der Waals surface area contributed by atoms with Gasteiger partial charge < -0.3 is 4.57 Å². The van der Waals surface area contributed by atoms with Crippen molar-refractivity contribution in [1.82, 2.24) is 14.5 Å². The summed E-state index contributed by atoms with van der Waals surface area (Å²) in [5.74, 6) is 0.562. The first-order chi connectivity index (χ1) is 22.3. The number of aromatic nitrogens is 3. The van der Waals surface area contributed by atoms with E-state index in [-0.39, 0.29) is 0 Å². The van der Waals surface area contributed by atoms with Gasteiger partial charge in [0, 0.05) is 33.2 Å². The Hall–Kier alpha value is -6.31. The molecule has 8 rings (SSSR count). The van der Waals surface area contributed by atoms with Crippen molar-refractivity contribution in [1.29, 1.82) is 5.26 Å². The molecule has 0 aliphatic carbocycles. The van der Waals surface area contributed by atoms with Gasteiger partial charge in [-0.15, -0.1) is 0 Å². The number of benzene rings is 6. The molecule has 4 heteroatoms. The lowest BCUT2D eigenvalue weighted by Gasteiger charge is -2.15. The van der Waals surface area contributed by atoms with E-state index in [0.29, 0.717) is 22.8 Å². The van der Waals surface area contributed by atoms with E-state index in [1.165, 1.54) is 10.8 Å². The molecule has 0 bridgehead atoms. The first-order valence-electron chi connectivity index (χ1n) is 14.9. The van der Waals surface area contributed by atoms with Gasteiger partial charge in [0.15, 0.2) is 5.82 Å². The topological polar surface area (TPSA) is 54.5 Å². The van der Waals surface area contributed by atoms with E-state index in [1.54, 1.807) is 0 Å². The minimum absolute atomic E-state index is 0.456. The first-order valence-corrected chi connectivity index (χ1v) is 14.9. The Labute approximate surface area is 261 Å². The minimum Gasteiger partial charge on any atom is -0.309 e. The summed E-state index contributed by atoms with van der Waals surface area (Å²) in [5, 5.41) is 12.8. The van der Waals surface area contributed by atoms with Crippen LogP contribution in [-0.2, 0) is 0 Å². The van der Waals surface area contributed by atoms with Crippen LogP contribution in [0, 0.1) is 11.3 Å². The Morgan fingerprint density at radius 3 is 1.40 bits per heavy atom. The molecule has 0 saturated carbocycles. The van der Waals surface area contributed by atoms with Crippen molar-refractivity contribution < 1.29 is 0 Å². The normalized spacial score (nSPS) is 11.1. The molecule has 0 atom stereocenters. The van der Waals surface area contributed by atoms with Crippen LogP contribution in [0.15, 0.2) is 158 Å². The molecular formula is C41H26N4. The Kier molecular flexibility index (Phi) is 6.48. The van der Waals surface area contributed by atoms with E-state index < -0.39 is 0 Å². The summed E-state index contributed by atoms with van der Waals surface area (Å²) in [6.45, 7) is 0. The van der Waals surface area contributed by atoms with Crippen LogP contribution < -0.4 is 0 Å². The first kappa shape index (κ1) is 26.3. The smallest absolute Gasteiger partial charge is 0.160 e. The van der Waals surface area contributed by atoms with Crippen molar-refractivity contribution in [3.8, 4) is 56.8 Å². The monoisotopic (exact) mass is 574 g/mol. The standard InChI is InChI=1S/C41H26N4/c42-27-36-39(29-16-6-2-7-17-29)43-41(44-40(36)30-18-8-3-9-19-30)32-24-31(28-14-4-1-5-15-28)25-33(26-32)45-37-22-12-10-20-34(37)35-21-11-13-23-38(35)45/h1-26H. The van der Waals surface area contributed by atoms with Gasteiger partial charge in [-0.05, 0) is 41.5 Å². The zero-order chi connectivity index (χ0) is 30.2. The van der Waals surface area contributed by atoms with Crippen LogP contribution in [0.1, 0.15) is 5.56 Å². The highest BCUT2D eigenvalue weighted by Crippen LogP contribution is 2.37. The predicted octanol–water partition coefficient (Wildman–Crippen LogP) is 10.1. The lowest BCUT2D eigenvalue weighted by Crippen LogP contribution is -2.02. The van der Waals surface area contributed by atoms with Gasteiger partial charge in [-0.25, -0.2) is 9.97 Å². The maximum atomic E-state index is 10.4. The van der Waals surface area contributed by atoms with E-state index in [1.807, 2.05) is 66.7 Å². The Morgan fingerprint density at radius 1 is 0.444 bits per heavy atom. The molecule has 0 aliphatic heterocycles. The summed E-state index contributed by atoms with van der Waals surface area (Å²) in [7, 11) is 0. The SMILES string of the molecule is N#Cc1c(-c2ccccc2)nc(-c2cc(-c3ccccc3)cc(-n3c4ccccc4c4ccccc43)c2)nc1-c1ccccc1. The van der Waals surface area contributed by atoms with Crippen LogP contribution in [0.5, 0.6) is 0 Å². The highest BCUT2D eigenvalue weighted by atomic mass is 15.0. The highest BCUT2D eigenvalue weighted by Gasteiger charge is 2.20. The molecule has 2 aromatic heterocycles. The van der Waals surface area contributed by atoms with Crippen LogP contribution in [0.2, 0.25) is 0 Å². The van der Waals surface area contributed by atoms with Crippen molar-refractivity contribution in [3.05, 3.63) is 163 Å². The molecule has 8 aromatic rings. The van der Waals surface area contributed by atoms with E-state index >= 15 is 0 Å². The summed E-state index contributed by atoms with van der Waals surface area (Å²) in [6.07, 6.45) is 0. The maximum Gasteiger partial charge on any atom is 0.160 e. The van der Waals surface area contributed by atoms with Crippen molar-refractivity contribution in [2.75, 3.05) is 0 Å². The maximum absolute atomic E-state index is 10.4. The van der Waals surface area contributed by atoms with Gasteiger partial charge in [-0.3, -0.25) is 0 Å². The van der Waals surface area contributed by atoms with Crippen molar-refractivity contribution in [3.63, 3.8) is 0 Å². The lowest BCUT2D eigenvalue weighted by atomic mass is 9.98. The molecule has 0 saturated heterocycles. The van der Waals surface area contributed by atoms with Crippen molar-refractivity contribution >= 4 is 21.8 Å². The molecule has 0 N–H and O–H groups in total. The molecular weight excluding hydrogens is 548 g/mol. The molecule has 45 heavy (non-hydrogen) atoms. The summed E-state index contributed by atoms with van der Waals surface area (Å²) in [6, 6.07) is 56.2. The van der Waals surface area contributed by atoms with Gasteiger partial charge in [0.05, 0.1) is 22.4 Å². The molecule has 0 fully saturated rings. The number of nitrogens with zero attached hydrogens (tertiary/aromatic N) is 4. The molecule has 2 heterocycles. The third-order valence-electron chi connectivity index (χ3n) is 8.24. The Balaban J connectivity index is 1.45. The van der Waals surface area contributed by atoms with Gasteiger partial charge in [-0.1, -0.05) is 127 Å². The predicted molar refractivity (Wildman–Crippen MR) is 183 cm³/mol. The molecule has 0 radical (unpaired) electrons. The van der Waals surface area contributed by atoms with Crippen LogP contribution in [0.25, 0.3) is 72.5 Å². The molecule has 0 spiro atoms. The third-order valence-corrected chi connectivity index (χ3v) is 8.24. The van der Waals surface area contributed by atoms with Gasteiger partial charge in [0.25, 0.3) is 0 Å². The van der Waals surface area contributed by atoms with E-state index in [2.05, 4.69) is 102 Å². The highest BCUT2D eigenvalue weighted by molar-refractivity contribution is 6.09. The second kappa shape index (κ2) is 11.1. The quantitative estimate of drug-likeness (QED) is 0.205. The molecule has 0 unspecified atom stereocenters. The number of fused-ring (bicyclic) bond motifs is 3. The fraction of sp³-hybridized carbons (Fsp3) is 0. The second-order valence-electron chi connectivity index (χ2n) is 11.0. The zero-order valence-corrected chi connectivity index (χ0v) is 24.3. The number of hydrogen-bond donors (Lipinski definition) is 0. The van der Waals surface area contributed by atoms with Crippen molar-refractivity contribution in [2.45, 2.75) is 0 Å². The summed E-state index contributed by atoms with van der Waals surface area (Å²) >= 11 is 0. The number of hydrogen-bond acceptors (Lipinski definition) is 3. The summed E-state index contributed by atoms with van der Waals surface area (Å²) in [5.41, 5.74) is 9.73. The molecule has 0 aliphatic rings. The average Bonchev–Trinajstić information content (AvgIpc) is 3.46. The summed E-state index contributed by atoms with van der Waals surface area (Å²) in [4.78, 5) is 10.2. The largest absolute Gasteiger partial charge is 0.309 e. The van der Waals surface area contributed by atoms with Crippen LogP contribution in [0.3, 0.4) is 0 Å². The van der Waals surface area contributed by atoms with Crippen LogP contribution >= 0.6 is 0 Å². The van der Waals surface area contributed by atoms with E-state index in [4.69, 9.17) is 9.97 Å². The van der Waals surface area contributed by atoms with Crippen molar-refractivity contribution in [2.24, 2.45) is 0 Å². The third kappa shape index (κ3) is 4.64. The Morgan fingerprint density at radius 2 is 0.889 bits per heavy atom. The molecule has 4 nitrogen and oxygen atoms in total. The molecule has 0 amide bonds. The van der Waals surface area contributed by atoms with Gasteiger partial charge in [-0.2, -0.15) is 5.26 Å². The zero-order valence-electron chi connectivity index (χ0n) is 24.3. The summed E-state index contributed by atoms with van der Waals surface area (Å²) < 4.78 is 2.32. The minimum atomic E-state index is 0.456. The van der Waals surface area contributed by atoms with E-state index in [9.17, 15) is 5.26 Å². The van der Waals surface area contributed by atoms with Gasteiger partial charge in [0.1, 0.15) is 11.6 Å². The lowest BCUT2D eigenvalue weighted by molar-refractivity contribution is 1.15. The average molecular weight is 575 g/mol. The molecule has 6 aromatic carbocycles. The Bertz CT molecular complexity index is 2250. The number of para-hydroxylation sites is 2.